The summed E-state index contributed by atoms with van der Waals surface area (Å²) in [5, 5.41) is 0. The van der Waals surface area contributed by atoms with Crippen molar-refractivity contribution < 1.29 is 0 Å². The van der Waals surface area contributed by atoms with Gasteiger partial charge in [0.25, 0.3) is 0 Å². The Kier molecular flexibility index (Phi) is 20.2. The zero-order valence-electron chi connectivity index (χ0n) is 40.1. The van der Waals surface area contributed by atoms with Crippen LogP contribution in [0.15, 0.2) is 42.0 Å². The minimum Gasteiger partial charge on any atom is -0.316 e. The zero-order valence-corrected chi connectivity index (χ0v) is 41.1. The molecule has 58 heavy (non-hydrogen) atoms. The average molecular weight is 812 g/mol. The molecule has 0 spiro atoms. The third kappa shape index (κ3) is 13.0. The third-order valence-electron chi connectivity index (χ3n) is 16.2. The highest BCUT2D eigenvalue weighted by Gasteiger charge is 2.54. The van der Waals surface area contributed by atoms with Crippen molar-refractivity contribution in [2.24, 2.45) is 11.8 Å². The van der Waals surface area contributed by atoms with Crippen LogP contribution >= 0.6 is 0 Å². The van der Waals surface area contributed by atoms with Gasteiger partial charge < -0.3 is 4.57 Å². The van der Waals surface area contributed by atoms with Crippen LogP contribution in [-0.4, -0.2) is 24.4 Å². The molecule has 4 aliphatic rings. The smallest absolute Gasteiger partial charge is 0.126 e. The van der Waals surface area contributed by atoms with Gasteiger partial charge in [-0.25, -0.2) is 0 Å². The van der Waals surface area contributed by atoms with Gasteiger partial charge in [-0.05, 0) is 92.5 Å². The molecule has 3 unspecified atom stereocenters. The molecule has 0 radical (unpaired) electrons. The number of unbranched alkanes of at least 4 members (excludes halogenated alkanes) is 22. The molecule has 0 amide bonds. The van der Waals surface area contributed by atoms with Gasteiger partial charge in [0.15, 0.2) is 0 Å². The second-order valence-corrected chi connectivity index (χ2v) is 26.5. The van der Waals surface area contributed by atoms with Crippen molar-refractivity contribution in [3.05, 3.63) is 53.1 Å². The van der Waals surface area contributed by atoms with Crippen LogP contribution in [0, 0.1) is 11.8 Å². The summed E-state index contributed by atoms with van der Waals surface area (Å²) in [7, 11) is -1.74. The lowest BCUT2D eigenvalue weighted by molar-refractivity contribution is 0.140. The summed E-state index contributed by atoms with van der Waals surface area (Å²) >= 11 is 0. The first-order valence-electron chi connectivity index (χ1n) is 26.5. The molecule has 0 aromatic heterocycles. The van der Waals surface area contributed by atoms with Crippen molar-refractivity contribution in [2.75, 3.05) is 0 Å². The lowest BCUT2D eigenvalue weighted by atomic mass is 9.68. The van der Waals surface area contributed by atoms with E-state index in [4.69, 9.17) is 0 Å². The first-order valence-corrected chi connectivity index (χ1v) is 29.5. The summed E-state index contributed by atoms with van der Waals surface area (Å²) in [5.41, 5.74) is 8.14. The fourth-order valence-electron chi connectivity index (χ4n) is 13.4. The van der Waals surface area contributed by atoms with Crippen molar-refractivity contribution in [3.8, 4) is 0 Å². The third-order valence-corrected chi connectivity index (χ3v) is 20.9. The van der Waals surface area contributed by atoms with Crippen LogP contribution in [-0.2, 0) is 5.41 Å². The van der Waals surface area contributed by atoms with Crippen molar-refractivity contribution >= 4 is 13.8 Å². The molecular formula is C56H97NSi. The molecule has 4 aliphatic carbocycles. The summed E-state index contributed by atoms with van der Waals surface area (Å²) in [6.07, 6.45) is 53.1. The molecule has 3 atom stereocenters. The van der Waals surface area contributed by atoms with Crippen LogP contribution in [0.4, 0.5) is 0 Å². The molecule has 1 aromatic carbocycles. The van der Waals surface area contributed by atoms with Gasteiger partial charge >= 0.3 is 0 Å². The Bertz CT molecular complexity index is 1330. The normalized spacial score (nSPS) is 21.9. The minimum absolute atomic E-state index is 0.231. The molecular weight excluding hydrogens is 715 g/mol. The van der Waals surface area contributed by atoms with E-state index in [-0.39, 0.29) is 11.0 Å². The maximum Gasteiger partial charge on any atom is 0.126 e. The van der Waals surface area contributed by atoms with Crippen LogP contribution in [0.2, 0.25) is 18.6 Å². The van der Waals surface area contributed by atoms with Gasteiger partial charge in [-0.15, -0.1) is 0 Å². The van der Waals surface area contributed by atoms with E-state index in [1.54, 1.807) is 22.3 Å². The molecule has 5 rings (SSSR count). The highest BCUT2D eigenvalue weighted by Crippen LogP contribution is 2.62. The van der Waals surface area contributed by atoms with Gasteiger partial charge in [-0.2, -0.15) is 0 Å². The standard InChI is InChI=1S/C56H97NSi/c1-8-10-12-14-16-18-20-22-24-26-28-35-43-56(44-36-29-27-25-23-21-19-17-15-13-11-9-2)52-40-34-33-39-49(52)51-46-50-47(45-53(51)56)41-42-54(50)58(6,7)57(55(3,4)5)48-37-31-30-32-38-48/h33-34,39-40,45-48,50,54H,8-32,35-38,41-44H2,1-7H3. The SMILES string of the molecule is CCCCCCCCCCCCCCC1(CCCCCCCCCCCCCC)C2=CC3CCC([Si](C)(C)N(C4CCCCC4)C(C)(C)C)C3C=C2c2ccccc21. The summed E-state index contributed by atoms with van der Waals surface area (Å²) in [6.45, 7) is 17.9. The molecule has 0 aliphatic heterocycles. The van der Waals surface area contributed by atoms with Gasteiger partial charge in [0.1, 0.15) is 8.24 Å². The van der Waals surface area contributed by atoms with Gasteiger partial charge in [0.2, 0.25) is 0 Å². The lowest BCUT2D eigenvalue weighted by Gasteiger charge is -2.55. The number of hydrogen-bond acceptors (Lipinski definition) is 1. The molecule has 2 fully saturated rings. The number of rotatable bonds is 29. The lowest BCUT2D eigenvalue weighted by Crippen LogP contribution is -2.64. The Balaban J connectivity index is 1.27. The predicted molar refractivity (Wildman–Crippen MR) is 261 cm³/mol. The van der Waals surface area contributed by atoms with E-state index in [1.165, 1.54) is 212 Å². The molecule has 0 bridgehead atoms. The second-order valence-electron chi connectivity index (χ2n) is 22.0. The van der Waals surface area contributed by atoms with E-state index < -0.39 is 8.24 Å². The molecule has 0 N–H and O–H groups in total. The molecule has 2 saturated carbocycles. The van der Waals surface area contributed by atoms with E-state index in [0.29, 0.717) is 0 Å². The Morgan fingerprint density at radius 3 is 1.52 bits per heavy atom. The van der Waals surface area contributed by atoms with Gasteiger partial charge in [-0.1, -0.05) is 243 Å². The van der Waals surface area contributed by atoms with Crippen molar-refractivity contribution in [3.63, 3.8) is 0 Å². The van der Waals surface area contributed by atoms with Crippen LogP contribution in [0.5, 0.6) is 0 Å². The molecule has 330 valence electrons. The van der Waals surface area contributed by atoms with Crippen LogP contribution in [0.25, 0.3) is 5.57 Å². The Morgan fingerprint density at radius 2 is 1.03 bits per heavy atom. The molecule has 0 heterocycles. The second kappa shape index (κ2) is 24.5. The van der Waals surface area contributed by atoms with Crippen LogP contribution in [0.1, 0.15) is 258 Å². The summed E-state index contributed by atoms with van der Waals surface area (Å²) < 4.78 is 3.18. The number of fused-ring (bicyclic) bond motifs is 4. The van der Waals surface area contributed by atoms with Crippen molar-refractivity contribution in [1.29, 1.82) is 0 Å². The van der Waals surface area contributed by atoms with Gasteiger partial charge in [0, 0.05) is 17.0 Å². The van der Waals surface area contributed by atoms with Crippen molar-refractivity contribution in [1.82, 2.24) is 4.57 Å². The number of hydrogen-bond donors (Lipinski definition) is 0. The van der Waals surface area contributed by atoms with E-state index in [0.717, 1.165) is 23.4 Å². The summed E-state index contributed by atoms with van der Waals surface area (Å²) in [4.78, 5) is 0. The van der Waals surface area contributed by atoms with Crippen LogP contribution < -0.4 is 0 Å². The van der Waals surface area contributed by atoms with Crippen LogP contribution in [0.3, 0.4) is 0 Å². The van der Waals surface area contributed by atoms with E-state index in [9.17, 15) is 0 Å². The first kappa shape index (κ1) is 47.9. The largest absolute Gasteiger partial charge is 0.316 e. The quantitative estimate of drug-likeness (QED) is 0.0575. The summed E-state index contributed by atoms with van der Waals surface area (Å²) in [6, 6.07) is 10.7. The fraction of sp³-hybridized carbons (Fsp3) is 0.821. The monoisotopic (exact) mass is 812 g/mol. The van der Waals surface area contributed by atoms with E-state index in [1.807, 2.05) is 0 Å². The Labute approximate surface area is 363 Å². The maximum atomic E-state index is 3.18. The fourth-order valence-corrected chi connectivity index (χ4v) is 18.9. The first-order chi connectivity index (χ1) is 28.1. The minimum atomic E-state index is -1.74. The zero-order chi connectivity index (χ0) is 41.3. The van der Waals surface area contributed by atoms with Crippen molar-refractivity contribution in [2.45, 2.75) is 282 Å². The average Bonchev–Trinajstić information content (AvgIpc) is 3.75. The molecule has 1 aromatic rings. The Hall–Kier alpha value is -1.12. The number of allylic oxidation sites excluding steroid dienone is 4. The Morgan fingerprint density at radius 1 is 0.569 bits per heavy atom. The highest BCUT2D eigenvalue weighted by atomic mass is 28.3. The predicted octanol–water partition coefficient (Wildman–Crippen LogP) is 18.5. The molecule has 0 saturated heterocycles. The highest BCUT2D eigenvalue weighted by molar-refractivity contribution is 6.76. The van der Waals surface area contributed by atoms with Gasteiger partial charge in [0.05, 0.1) is 0 Å². The van der Waals surface area contributed by atoms with E-state index >= 15 is 0 Å². The molecule has 2 heteroatoms. The number of benzene rings is 1. The number of nitrogens with zero attached hydrogens (tertiary/aromatic N) is 1. The topological polar surface area (TPSA) is 3.24 Å². The van der Waals surface area contributed by atoms with E-state index in [2.05, 4.69) is 88.7 Å². The maximum absolute atomic E-state index is 3.18. The summed E-state index contributed by atoms with van der Waals surface area (Å²) in [5.74, 6) is 1.46. The molecule has 1 nitrogen and oxygen atoms in total. The van der Waals surface area contributed by atoms with Gasteiger partial charge in [-0.3, -0.25) is 0 Å².